The van der Waals surface area contributed by atoms with E-state index in [9.17, 15) is 4.39 Å². The van der Waals surface area contributed by atoms with Gasteiger partial charge in [-0.25, -0.2) is 4.39 Å². The normalized spacial score (nSPS) is 11.5. The fourth-order valence-corrected chi connectivity index (χ4v) is 1.34. The minimum Gasteiger partial charge on any atom is -0.409 e. The minimum absolute atomic E-state index is 0.111. The Balaban J connectivity index is 2.51. The molecule has 0 aliphatic carbocycles. The van der Waals surface area contributed by atoms with Crippen LogP contribution in [0.15, 0.2) is 27.8 Å². The van der Waals surface area contributed by atoms with Gasteiger partial charge in [-0.05, 0) is 18.2 Å². The van der Waals surface area contributed by atoms with Crippen LogP contribution in [0.2, 0.25) is 0 Å². The number of nitrogens with zero attached hydrogens (tertiary/aromatic N) is 1. The summed E-state index contributed by atoms with van der Waals surface area (Å²) in [5, 5.41) is 13.9. The van der Waals surface area contributed by atoms with Crippen molar-refractivity contribution in [3.8, 4) is 0 Å². The van der Waals surface area contributed by atoms with Crippen LogP contribution in [0.4, 0.5) is 10.1 Å². The molecule has 0 aliphatic heterocycles. The van der Waals surface area contributed by atoms with E-state index in [1.807, 2.05) is 0 Å². The maximum absolute atomic E-state index is 13.3. The highest BCUT2D eigenvalue weighted by atomic mass is 79.9. The second-order valence-electron chi connectivity index (χ2n) is 2.89. The van der Waals surface area contributed by atoms with Crippen molar-refractivity contribution in [1.29, 1.82) is 0 Å². The molecular formula is C9H11BrFN3O. The average molecular weight is 276 g/mol. The molecule has 0 spiro atoms. The number of benzene rings is 1. The summed E-state index contributed by atoms with van der Waals surface area (Å²) in [6.07, 6.45) is 0.353. The second-order valence-corrected chi connectivity index (χ2v) is 3.81. The molecule has 0 radical (unpaired) electrons. The summed E-state index contributed by atoms with van der Waals surface area (Å²) in [5.41, 5.74) is 5.65. The van der Waals surface area contributed by atoms with Gasteiger partial charge >= 0.3 is 0 Å². The largest absolute Gasteiger partial charge is 0.409 e. The van der Waals surface area contributed by atoms with Gasteiger partial charge in [0.05, 0.1) is 5.69 Å². The van der Waals surface area contributed by atoms with Crippen molar-refractivity contribution in [3.63, 3.8) is 0 Å². The van der Waals surface area contributed by atoms with E-state index < -0.39 is 0 Å². The molecule has 6 heteroatoms. The van der Waals surface area contributed by atoms with E-state index in [1.54, 1.807) is 12.1 Å². The van der Waals surface area contributed by atoms with Crippen LogP contribution in [0.25, 0.3) is 0 Å². The van der Waals surface area contributed by atoms with E-state index in [-0.39, 0.29) is 11.7 Å². The summed E-state index contributed by atoms with van der Waals surface area (Å²) >= 11 is 3.16. The molecule has 1 rings (SSSR count). The molecule has 4 nitrogen and oxygen atoms in total. The Morgan fingerprint density at radius 3 is 2.93 bits per heavy atom. The quantitative estimate of drug-likeness (QED) is 0.341. The first-order chi connectivity index (χ1) is 7.13. The lowest BCUT2D eigenvalue weighted by Crippen LogP contribution is -2.16. The van der Waals surface area contributed by atoms with E-state index in [2.05, 4.69) is 26.4 Å². The van der Waals surface area contributed by atoms with Crippen molar-refractivity contribution in [2.45, 2.75) is 6.42 Å². The Kier molecular flexibility index (Phi) is 4.36. The Bertz CT molecular complexity index is 370. The van der Waals surface area contributed by atoms with Crippen LogP contribution < -0.4 is 11.1 Å². The Hall–Kier alpha value is -1.30. The molecule has 4 N–H and O–H groups in total. The predicted octanol–water partition coefficient (Wildman–Crippen LogP) is 2.14. The zero-order valence-corrected chi connectivity index (χ0v) is 9.46. The second kappa shape index (κ2) is 5.55. The van der Waals surface area contributed by atoms with Crippen LogP contribution in [-0.2, 0) is 0 Å². The molecule has 1 aromatic rings. The molecule has 0 aromatic heterocycles. The first-order valence-corrected chi connectivity index (χ1v) is 5.08. The molecule has 0 saturated heterocycles. The van der Waals surface area contributed by atoms with Gasteiger partial charge < -0.3 is 16.3 Å². The molecule has 15 heavy (non-hydrogen) atoms. The summed E-state index contributed by atoms with van der Waals surface area (Å²) in [4.78, 5) is 0. The molecule has 1 aromatic carbocycles. The Labute approximate surface area is 95.1 Å². The highest BCUT2D eigenvalue weighted by Gasteiger charge is 2.01. The van der Waals surface area contributed by atoms with Crippen molar-refractivity contribution in [1.82, 2.24) is 0 Å². The number of nitrogens with one attached hydrogen (secondary N) is 1. The Morgan fingerprint density at radius 1 is 1.60 bits per heavy atom. The van der Waals surface area contributed by atoms with Gasteiger partial charge in [-0.3, -0.25) is 0 Å². The number of rotatable bonds is 4. The van der Waals surface area contributed by atoms with Gasteiger partial charge in [-0.2, -0.15) is 0 Å². The SMILES string of the molecule is NC(CCNc1ccc(Br)cc1F)=NO. The van der Waals surface area contributed by atoms with Gasteiger partial charge in [-0.15, -0.1) is 0 Å². The predicted molar refractivity (Wildman–Crippen MR) is 60.6 cm³/mol. The summed E-state index contributed by atoms with van der Waals surface area (Å²) in [5.74, 6) is -0.232. The fraction of sp³-hybridized carbons (Fsp3) is 0.222. The standard InChI is InChI=1S/C9H11BrFN3O/c10-6-1-2-8(7(11)5-6)13-4-3-9(12)14-15/h1-2,5,13,15H,3-4H2,(H2,12,14). The highest BCUT2D eigenvalue weighted by molar-refractivity contribution is 9.10. The third-order valence-electron chi connectivity index (χ3n) is 1.76. The van der Waals surface area contributed by atoms with Gasteiger partial charge in [0, 0.05) is 17.4 Å². The number of amidine groups is 1. The number of hydrogen-bond donors (Lipinski definition) is 3. The van der Waals surface area contributed by atoms with E-state index >= 15 is 0 Å². The van der Waals surface area contributed by atoms with E-state index in [4.69, 9.17) is 10.9 Å². The summed E-state index contributed by atoms with van der Waals surface area (Å²) in [6.45, 7) is 0.411. The first-order valence-electron chi connectivity index (χ1n) is 4.29. The van der Waals surface area contributed by atoms with Crippen LogP contribution in [0.3, 0.4) is 0 Å². The van der Waals surface area contributed by atoms with Gasteiger partial charge in [0.2, 0.25) is 0 Å². The summed E-state index contributed by atoms with van der Waals surface area (Å²) in [7, 11) is 0. The number of anilines is 1. The zero-order chi connectivity index (χ0) is 11.3. The maximum Gasteiger partial charge on any atom is 0.147 e. The molecule has 0 fully saturated rings. The fourth-order valence-electron chi connectivity index (χ4n) is 1.01. The lowest BCUT2D eigenvalue weighted by Gasteiger charge is -2.06. The van der Waals surface area contributed by atoms with Crippen LogP contribution in [0, 0.1) is 5.82 Å². The molecule has 0 bridgehead atoms. The highest BCUT2D eigenvalue weighted by Crippen LogP contribution is 2.18. The van der Waals surface area contributed by atoms with Crippen molar-refractivity contribution >= 4 is 27.5 Å². The molecule has 82 valence electrons. The van der Waals surface area contributed by atoms with Crippen LogP contribution >= 0.6 is 15.9 Å². The van der Waals surface area contributed by atoms with Crippen LogP contribution in [0.1, 0.15) is 6.42 Å². The van der Waals surface area contributed by atoms with Crippen molar-refractivity contribution in [3.05, 3.63) is 28.5 Å². The van der Waals surface area contributed by atoms with Crippen LogP contribution in [-0.4, -0.2) is 17.6 Å². The first kappa shape index (κ1) is 11.8. The van der Waals surface area contributed by atoms with Crippen molar-refractivity contribution in [2.75, 3.05) is 11.9 Å². The van der Waals surface area contributed by atoms with Crippen LogP contribution in [0.5, 0.6) is 0 Å². The molecule has 0 unspecified atom stereocenters. The number of nitrogens with two attached hydrogens (primary N) is 1. The van der Waals surface area contributed by atoms with Crippen molar-refractivity contribution < 1.29 is 9.60 Å². The van der Waals surface area contributed by atoms with Gasteiger partial charge in [-0.1, -0.05) is 21.1 Å². The molecule has 0 amide bonds. The average Bonchev–Trinajstić information content (AvgIpc) is 2.21. The Morgan fingerprint density at radius 2 is 2.33 bits per heavy atom. The molecule has 0 saturated carbocycles. The number of oxime groups is 1. The molecular weight excluding hydrogens is 265 g/mol. The topological polar surface area (TPSA) is 70.6 Å². The summed E-state index contributed by atoms with van der Waals surface area (Å²) in [6, 6.07) is 4.71. The van der Waals surface area contributed by atoms with Crippen molar-refractivity contribution in [2.24, 2.45) is 10.9 Å². The van der Waals surface area contributed by atoms with E-state index in [1.165, 1.54) is 6.07 Å². The minimum atomic E-state index is -0.344. The van der Waals surface area contributed by atoms with E-state index in [0.29, 0.717) is 23.1 Å². The van der Waals surface area contributed by atoms with Gasteiger partial charge in [0.1, 0.15) is 11.7 Å². The molecule has 0 heterocycles. The lowest BCUT2D eigenvalue weighted by atomic mass is 10.3. The van der Waals surface area contributed by atoms with E-state index in [0.717, 1.165) is 0 Å². The zero-order valence-electron chi connectivity index (χ0n) is 7.87. The van der Waals surface area contributed by atoms with Gasteiger partial charge in [0.25, 0.3) is 0 Å². The van der Waals surface area contributed by atoms with Gasteiger partial charge in [0.15, 0.2) is 0 Å². The third-order valence-corrected chi connectivity index (χ3v) is 2.25. The molecule has 0 aliphatic rings. The third kappa shape index (κ3) is 3.75. The lowest BCUT2D eigenvalue weighted by molar-refractivity contribution is 0.317. The monoisotopic (exact) mass is 275 g/mol. The number of halogens is 2. The smallest absolute Gasteiger partial charge is 0.147 e. The maximum atomic E-state index is 13.3. The summed E-state index contributed by atoms with van der Waals surface area (Å²) < 4.78 is 13.9. The molecule has 0 atom stereocenters. The number of hydrogen-bond acceptors (Lipinski definition) is 3.